The number of benzene rings is 2. The van der Waals surface area contributed by atoms with Gasteiger partial charge in [-0.2, -0.15) is 0 Å². The largest absolute Gasteiger partial charge is 0.299 e. The van der Waals surface area contributed by atoms with E-state index in [1.165, 1.54) is 39.0 Å². The molecule has 0 atom stereocenters. The lowest BCUT2D eigenvalue weighted by Crippen LogP contribution is -2.30. The van der Waals surface area contributed by atoms with Crippen molar-refractivity contribution in [2.24, 2.45) is 0 Å². The van der Waals surface area contributed by atoms with E-state index in [9.17, 15) is 0 Å². The van der Waals surface area contributed by atoms with Gasteiger partial charge in [-0.1, -0.05) is 60.2 Å². The number of pyridine rings is 1. The molecule has 0 radical (unpaired) electrons. The molecule has 0 saturated heterocycles. The molecule has 3 aromatic rings. The van der Waals surface area contributed by atoms with Crippen molar-refractivity contribution in [1.29, 1.82) is 0 Å². The minimum atomic E-state index is 1.05. The summed E-state index contributed by atoms with van der Waals surface area (Å²) in [5, 5.41) is 0. The fourth-order valence-electron chi connectivity index (χ4n) is 3.97. The van der Waals surface area contributed by atoms with Gasteiger partial charge < -0.3 is 0 Å². The molecule has 0 fully saturated rings. The molecular weight excluding hydrogens is 340 g/mol. The Balaban J connectivity index is 1.39. The van der Waals surface area contributed by atoms with Crippen LogP contribution < -0.4 is 0 Å². The Morgan fingerprint density at radius 2 is 1.86 bits per heavy atom. The highest BCUT2D eigenvalue weighted by atomic mass is 15.1. The van der Waals surface area contributed by atoms with Gasteiger partial charge in [-0.05, 0) is 60.6 Å². The third kappa shape index (κ3) is 4.40. The SMILES string of the molecule is Cc1cccc(C2=CCN(CCc3ccc(C)c(-c4cccnc4)c3)CC2)c1. The summed E-state index contributed by atoms with van der Waals surface area (Å²) < 4.78 is 0. The maximum Gasteiger partial charge on any atom is 0.0346 e. The summed E-state index contributed by atoms with van der Waals surface area (Å²) in [7, 11) is 0. The quantitative estimate of drug-likeness (QED) is 0.574. The fraction of sp³-hybridized carbons (Fsp3) is 0.269. The highest BCUT2D eigenvalue weighted by molar-refractivity contribution is 5.68. The summed E-state index contributed by atoms with van der Waals surface area (Å²) >= 11 is 0. The smallest absolute Gasteiger partial charge is 0.0346 e. The molecule has 0 bridgehead atoms. The van der Waals surface area contributed by atoms with Crippen LogP contribution >= 0.6 is 0 Å². The zero-order chi connectivity index (χ0) is 19.3. The molecular formula is C26H28N2. The minimum Gasteiger partial charge on any atom is -0.299 e. The molecule has 1 aliphatic rings. The molecule has 1 aromatic heterocycles. The number of rotatable bonds is 5. The van der Waals surface area contributed by atoms with Crippen LogP contribution in [0.1, 0.15) is 28.7 Å². The maximum atomic E-state index is 4.27. The standard InChI is InChI=1S/C26H28N2/c1-20-5-3-6-24(17-20)23-11-15-28(16-12-23)14-10-22-9-8-21(2)26(18-22)25-7-4-13-27-19-25/h3-9,11,13,17-19H,10,12,14-16H2,1-2H3. The second-order valence-corrected chi connectivity index (χ2v) is 7.79. The van der Waals surface area contributed by atoms with Crippen molar-refractivity contribution in [2.75, 3.05) is 19.6 Å². The molecule has 0 saturated carbocycles. The Labute approximate surface area is 168 Å². The van der Waals surface area contributed by atoms with E-state index < -0.39 is 0 Å². The van der Waals surface area contributed by atoms with Gasteiger partial charge in [-0.3, -0.25) is 9.88 Å². The van der Waals surface area contributed by atoms with Gasteiger partial charge in [-0.25, -0.2) is 0 Å². The summed E-state index contributed by atoms with van der Waals surface area (Å²) in [5.74, 6) is 0. The molecule has 0 spiro atoms. The van der Waals surface area contributed by atoms with Crippen LogP contribution in [0.2, 0.25) is 0 Å². The highest BCUT2D eigenvalue weighted by Crippen LogP contribution is 2.25. The van der Waals surface area contributed by atoms with Crippen molar-refractivity contribution >= 4 is 5.57 Å². The Kier molecular flexibility index (Phi) is 5.68. The number of nitrogens with zero attached hydrogens (tertiary/aromatic N) is 2. The molecule has 28 heavy (non-hydrogen) atoms. The molecule has 2 nitrogen and oxygen atoms in total. The van der Waals surface area contributed by atoms with Crippen molar-refractivity contribution in [3.8, 4) is 11.1 Å². The van der Waals surface area contributed by atoms with Crippen LogP contribution in [-0.4, -0.2) is 29.5 Å². The van der Waals surface area contributed by atoms with Gasteiger partial charge in [0.05, 0.1) is 0 Å². The van der Waals surface area contributed by atoms with Crippen LogP contribution in [0.3, 0.4) is 0 Å². The van der Waals surface area contributed by atoms with E-state index in [1.807, 2.05) is 18.5 Å². The monoisotopic (exact) mass is 368 g/mol. The topological polar surface area (TPSA) is 16.1 Å². The molecule has 0 aliphatic carbocycles. The van der Waals surface area contributed by atoms with E-state index in [0.717, 1.165) is 32.5 Å². The van der Waals surface area contributed by atoms with E-state index in [0.29, 0.717) is 0 Å². The van der Waals surface area contributed by atoms with Gasteiger partial charge >= 0.3 is 0 Å². The average molecular weight is 369 g/mol. The van der Waals surface area contributed by atoms with Gasteiger partial charge in [-0.15, -0.1) is 0 Å². The predicted octanol–water partition coefficient (Wildman–Crippen LogP) is 5.70. The Bertz CT molecular complexity index is 973. The number of hydrogen-bond donors (Lipinski definition) is 0. The van der Waals surface area contributed by atoms with Crippen LogP contribution in [0, 0.1) is 13.8 Å². The Morgan fingerprint density at radius 3 is 2.61 bits per heavy atom. The summed E-state index contributed by atoms with van der Waals surface area (Å²) in [6.07, 6.45) is 8.42. The van der Waals surface area contributed by atoms with Crippen molar-refractivity contribution < 1.29 is 0 Å². The molecule has 0 N–H and O–H groups in total. The predicted molar refractivity (Wildman–Crippen MR) is 118 cm³/mol. The molecule has 1 aliphatic heterocycles. The van der Waals surface area contributed by atoms with Crippen LogP contribution in [0.15, 0.2) is 73.1 Å². The van der Waals surface area contributed by atoms with Gasteiger partial charge in [0.15, 0.2) is 0 Å². The lowest BCUT2D eigenvalue weighted by atomic mass is 9.97. The van der Waals surface area contributed by atoms with Gasteiger partial charge in [0.1, 0.15) is 0 Å². The number of hydrogen-bond acceptors (Lipinski definition) is 2. The summed E-state index contributed by atoms with van der Waals surface area (Å²) in [5.41, 5.74) is 9.42. The van der Waals surface area contributed by atoms with Crippen LogP contribution in [-0.2, 0) is 6.42 Å². The normalized spacial score (nSPS) is 14.7. The van der Waals surface area contributed by atoms with E-state index in [1.54, 1.807) is 0 Å². The summed E-state index contributed by atoms with van der Waals surface area (Å²) in [4.78, 5) is 6.83. The first-order valence-electron chi connectivity index (χ1n) is 10.2. The van der Waals surface area contributed by atoms with Crippen molar-refractivity contribution in [3.05, 3.63) is 95.3 Å². The lowest BCUT2D eigenvalue weighted by Gasteiger charge is -2.26. The maximum absolute atomic E-state index is 4.27. The van der Waals surface area contributed by atoms with Crippen LogP contribution in [0.25, 0.3) is 16.7 Å². The zero-order valence-electron chi connectivity index (χ0n) is 16.9. The van der Waals surface area contributed by atoms with Crippen LogP contribution in [0.4, 0.5) is 0 Å². The molecule has 0 amide bonds. The van der Waals surface area contributed by atoms with E-state index in [4.69, 9.17) is 0 Å². The van der Waals surface area contributed by atoms with Crippen molar-refractivity contribution in [3.63, 3.8) is 0 Å². The lowest BCUT2D eigenvalue weighted by molar-refractivity contribution is 0.306. The zero-order valence-corrected chi connectivity index (χ0v) is 16.9. The number of aryl methyl sites for hydroxylation is 2. The molecule has 2 heterocycles. The van der Waals surface area contributed by atoms with Crippen molar-refractivity contribution in [2.45, 2.75) is 26.7 Å². The first-order valence-corrected chi connectivity index (χ1v) is 10.2. The molecule has 142 valence electrons. The molecule has 2 heteroatoms. The Morgan fingerprint density at radius 1 is 0.964 bits per heavy atom. The summed E-state index contributed by atoms with van der Waals surface area (Å²) in [6, 6.07) is 19.9. The third-order valence-corrected chi connectivity index (χ3v) is 5.67. The van der Waals surface area contributed by atoms with E-state index >= 15 is 0 Å². The third-order valence-electron chi connectivity index (χ3n) is 5.67. The minimum absolute atomic E-state index is 1.05. The average Bonchev–Trinajstić information content (AvgIpc) is 2.74. The Hall–Kier alpha value is -2.71. The van der Waals surface area contributed by atoms with E-state index in [-0.39, 0.29) is 0 Å². The second-order valence-electron chi connectivity index (χ2n) is 7.79. The molecule has 2 aromatic carbocycles. The first-order chi connectivity index (χ1) is 13.7. The van der Waals surface area contributed by atoms with Gasteiger partial charge in [0, 0.05) is 37.6 Å². The fourth-order valence-corrected chi connectivity index (χ4v) is 3.97. The summed E-state index contributed by atoms with van der Waals surface area (Å²) in [6.45, 7) is 7.63. The van der Waals surface area contributed by atoms with Crippen molar-refractivity contribution in [1.82, 2.24) is 9.88 Å². The molecule has 0 unspecified atom stereocenters. The van der Waals surface area contributed by atoms with E-state index in [2.05, 4.69) is 78.3 Å². The second kappa shape index (κ2) is 8.53. The first kappa shape index (κ1) is 18.6. The highest BCUT2D eigenvalue weighted by Gasteiger charge is 2.13. The molecule has 4 rings (SSSR count). The number of aromatic nitrogens is 1. The van der Waals surface area contributed by atoms with Gasteiger partial charge in [0.2, 0.25) is 0 Å². The van der Waals surface area contributed by atoms with Crippen LogP contribution in [0.5, 0.6) is 0 Å². The van der Waals surface area contributed by atoms with Gasteiger partial charge in [0.25, 0.3) is 0 Å².